The molecule has 2 aliphatic rings. The molecule has 0 unspecified atom stereocenters. The van der Waals surface area contributed by atoms with E-state index in [1.54, 1.807) is 0 Å². The summed E-state index contributed by atoms with van der Waals surface area (Å²) < 4.78 is 11.3. The molecule has 1 aromatic rings. The molecule has 3 rings (SSSR count). The van der Waals surface area contributed by atoms with E-state index in [0.29, 0.717) is 29.4 Å². The lowest BCUT2D eigenvalue weighted by molar-refractivity contribution is -0.131. The second kappa shape index (κ2) is 5.88. The minimum Gasteiger partial charge on any atom is -0.427 e. The van der Waals surface area contributed by atoms with Gasteiger partial charge in [0, 0.05) is 12.8 Å². The van der Waals surface area contributed by atoms with Gasteiger partial charge in [0.2, 0.25) is 0 Å². The molecule has 0 N–H and O–H groups in total. The van der Waals surface area contributed by atoms with Gasteiger partial charge in [0.1, 0.15) is 5.75 Å². The number of hydrogen-bond donors (Lipinski definition) is 0. The molecule has 22 heavy (non-hydrogen) atoms. The van der Waals surface area contributed by atoms with Crippen LogP contribution in [0.4, 0.5) is 0 Å². The van der Waals surface area contributed by atoms with Crippen molar-refractivity contribution in [3.05, 3.63) is 41.5 Å². The minimum atomic E-state index is -0.293. The van der Waals surface area contributed by atoms with Gasteiger partial charge < -0.3 is 9.47 Å². The van der Waals surface area contributed by atoms with Gasteiger partial charge in [0.25, 0.3) is 0 Å². The van der Waals surface area contributed by atoms with Crippen molar-refractivity contribution in [2.75, 3.05) is 6.61 Å². The second-order valence-electron chi connectivity index (χ2n) is 6.74. The van der Waals surface area contributed by atoms with Crippen LogP contribution in [0, 0.1) is 23.7 Å². The van der Waals surface area contributed by atoms with Crippen molar-refractivity contribution in [3.8, 4) is 5.75 Å². The van der Waals surface area contributed by atoms with Crippen molar-refractivity contribution in [1.29, 1.82) is 0 Å². The van der Waals surface area contributed by atoms with E-state index in [0.717, 1.165) is 12.2 Å². The lowest BCUT2D eigenvalue weighted by Crippen LogP contribution is -2.42. The molecule has 3 heteroatoms. The first-order valence-electron chi connectivity index (χ1n) is 8.05. The van der Waals surface area contributed by atoms with Crippen LogP contribution in [0.25, 0.3) is 0 Å². The Balaban J connectivity index is 1.86. The van der Waals surface area contributed by atoms with Crippen LogP contribution in [0.2, 0.25) is 0 Å². The predicted octanol–water partition coefficient (Wildman–Crippen LogP) is 4.15. The van der Waals surface area contributed by atoms with Gasteiger partial charge in [0.15, 0.2) is 0 Å². The van der Waals surface area contributed by atoms with Crippen LogP contribution in [0.15, 0.2) is 35.9 Å². The highest BCUT2D eigenvalue weighted by atomic mass is 16.5. The van der Waals surface area contributed by atoms with Crippen molar-refractivity contribution >= 4 is 5.97 Å². The summed E-state index contributed by atoms with van der Waals surface area (Å²) >= 11 is 0. The van der Waals surface area contributed by atoms with Crippen LogP contribution in [-0.4, -0.2) is 12.6 Å². The largest absolute Gasteiger partial charge is 0.427 e. The molecule has 118 valence electrons. The Kier molecular flexibility index (Phi) is 4.09. The van der Waals surface area contributed by atoms with Gasteiger partial charge in [-0.25, -0.2) is 0 Å². The summed E-state index contributed by atoms with van der Waals surface area (Å²) in [7, 11) is 0. The lowest BCUT2D eigenvalue weighted by atomic mass is 9.64. The Morgan fingerprint density at radius 3 is 2.55 bits per heavy atom. The number of allylic oxidation sites excluding steroid dienone is 1. The first kappa shape index (κ1) is 15.3. The smallest absolute Gasteiger partial charge is 0.308 e. The van der Waals surface area contributed by atoms with Crippen molar-refractivity contribution in [2.24, 2.45) is 23.7 Å². The van der Waals surface area contributed by atoms with E-state index < -0.39 is 0 Å². The van der Waals surface area contributed by atoms with Gasteiger partial charge in [-0.05, 0) is 42.4 Å². The van der Waals surface area contributed by atoms with E-state index in [1.807, 2.05) is 24.3 Å². The molecule has 1 aliphatic carbocycles. The number of hydrogen-bond acceptors (Lipinski definition) is 3. The highest BCUT2D eigenvalue weighted by Crippen LogP contribution is 2.49. The standard InChI is InChI=1S/C19H24O3/c1-11-9-12(2)18-13(3)17(11)10-21-19(18)15-5-7-16(8-6-15)22-14(4)20/h5-9,11,13,17-19H,10H2,1-4H3/t11-,13-,17-,18+,19+/m1/s1. The topological polar surface area (TPSA) is 35.5 Å². The molecule has 1 saturated heterocycles. The van der Waals surface area contributed by atoms with Crippen molar-refractivity contribution < 1.29 is 14.3 Å². The van der Waals surface area contributed by atoms with E-state index in [-0.39, 0.29) is 12.1 Å². The fraction of sp³-hybridized carbons (Fsp3) is 0.526. The third-order valence-corrected chi connectivity index (χ3v) is 5.23. The average molecular weight is 300 g/mol. The summed E-state index contributed by atoms with van der Waals surface area (Å²) in [6, 6.07) is 7.73. The van der Waals surface area contributed by atoms with E-state index in [1.165, 1.54) is 12.5 Å². The van der Waals surface area contributed by atoms with Gasteiger partial charge in [-0.1, -0.05) is 37.6 Å². The molecule has 0 amide bonds. The normalized spacial score (nSPS) is 34.0. The van der Waals surface area contributed by atoms with Crippen LogP contribution >= 0.6 is 0 Å². The molecule has 2 bridgehead atoms. The van der Waals surface area contributed by atoms with Gasteiger partial charge in [-0.3, -0.25) is 4.79 Å². The molecule has 1 fully saturated rings. The predicted molar refractivity (Wildman–Crippen MR) is 85.5 cm³/mol. The van der Waals surface area contributed by atoms with Gasteiger partial charge in [0.05, 0.1) is 12.7 Å². The first-order chi connectivity index (χ1) is 10.5. The average Bonchev–Trinajstić information content (AvgIpc) is 2.45. The van der Waals surface area contributed by atoms with Crippen molar-refractivity contribution in [1.82, 2.24) is 0 Å². The molecule has 1 heterocycles. The van der Waals surface area contributed by atoms with Crippen molar-refractivity contribution in [2.45, 2.75) is 33.8 Å². The maximum absolute atomic E-state index is 11.0. The SMILES string of the molecule is CC(=O)Oc1ccc([C@@H]2OC[C@H]3[C@@H](C)[C@@H]2C(C)=C[C@H]3C)cc1. The Labute approximate surface area is 132 Å². The summed E-state index contributed by atoms with van der Waals surface area (Å²) in [5, 5.41) is 0. The van der Waals surface area contributed by atoms with Crippen LogP contribution in [0.5, 0.6) is 5.75 Å². The fourth-order valence-corrected chi connectivity index (χ4v) is 4.14. The Morgan fingerprint density at radius 2 is 1.91 bits per heavy atom. The Morgan fingerprint density at radius 1 is 1.23 bits per heavy atom. The fourth-order valence-electron chi connectivity index (χ4n) is 4.14. The van der Waals surface area contributed by atoms with Crippen LogP contribution in [0.3, 0.4) is 0 Å². The molecular weight excluding hydrogens is 276 g/mol. The summed E-state index contributed by atoms with van der Waals surface area (Å²) in [5.41, 5.74) is 2.60. The second-order valence-corrected chi connectivity index (χ2v) is 6.74. The number of esters is 1. The maximum atomic E-state index is 11.0. The number of carbonyl (C=O) groups excluding carboxylic acids is 1. The Bertz CT molecular complexity index is 587. The molecule has 3 nitrogen and oxygen atoms in total. The maximum Gasteiger partial charge on any atom is 0.308 e. The highest BCUT2D eigenvalue weighted by Gasteiger charge is 2.43. The summed E-state index contributed by atoms with van der Waals surface area (Å²) in [6.45, 7) is 9.10. The van der Waals surface area contributed by atoms with E-state index >= 15 is 0 Å². The number of carbonyl (C=O) groups is 1. The zero-order valence-electron chi connectivity index (χ0n) is 13.7. The summed E-state index contributed by atoms with van der Waals surface area (Å²) in [4.78, 5) is 11.0. The molecule has 5 atom stereocenters. The Hall–Kier alpha value is -1.61. The summed E-state index contributed by atoms with van der Waals surface area (Å²) in [5.74, 6) is 2.57. The monoisotopic (exact) mass is 300 g/mol. The number of fused-ring (bicyclic) bond motifs is 2. The molecular formula is C19H24O3. The van der Waals surface area contributed by atoms with E-state index in [9.17, 15) is 4.79 Å². The summed E-state index contributed by atoms with van der Waals surface area (Å²) in [6.07, 6.45) is 2.51. The van der Waals surface area contributed by atoms with Crippen LogP contribution < -0.4 is 4.74 Å². The zero-order valence-corrected chi connectivity index (χ0v) is 13.7. The molecule has 0 aromatic heterocycles. The van der Waals surface area contributed by atoms with Crippen molar-refractivity contribution in [3.63, 3.8) is 0 Å². The molecule has 1 aliphatic heterocycles. The molecule has 0 radical (unpaired) electrons. The minimum absolute atomic E-state index is 0.0985. The molecule has 0 spiro atoms. The zero-order chi connectivity index (χ0) is 15.9. The third kappa shape index (κ3) is 2.70. The molecule has 1 aromatic carbocycles. The first-order valence-corrected chi connectivity index (χ1v) is 8.05. The number of ether oxygens (including phenoxy) is 2. The van der Waals surface area contributed by atoms with Gasteiger partial charge in [-0.2, -0.15) is 0 Å². The van der Waals surface area contributed by atoms with Crippen LogP contribution in [-0.2, 0) is 9.53 Å². The van der Waals surface area contributed by atoms with Crippen LogP contribution in [0.1, 0.15) is 39.4 Å². The number of benzene rings is 1. The number of rotatable bonds is 2. The third-order valence-electron chi connectivity index (χ3n) is 5.23. The van der Waals surface area contributed by atoms with Gasteiger partial charge >= 0.3 is 5.97 Å². The highest BCUT2D eigenvalue weighted by molar-refractivity contribution is 5.69. The van der Waals surface area contributed by atoms with Gasteiger partial charge in [-0.15, -0.1) is 0 Å². The molecule has 0 saturated carbocycles. The van der Waals surface area contributed by atoms with E-state index in [2.05, 4.69) is 26.8 Å². The lowest BCUT2D eigenvalue weighted by Gasteiger charge is -2.47. The quantitative estimate of drug-likeness (QED) is 0.467. The van der Waals surface area contributed by atoms with E-state index in [4.69, 9.17) is 9.47 Å².